The van der Waals surface area contributed by atoms with E-state index in [1.165, 1.54) is 131 Å². The van der Waals surface area contributed by atoms with Gasteiger partial charge in [0.1, 0.15) is 17.3 Å². The van der Waals surface area contributed by atoms with Crippen LogP contribution in [0.2, 0.25) is 0 Å². The fourth-order valence-electron chi connectivity index (χ4n) is 10.1. The van der Waals surface area contributed by atoms with Crippen LogP contribution in [-0.2, 0) is 44.9 Å². The van der Waals surface area contributed by atoms with Gasteiger partial charge in [0, 0.05) is 44.9 Å². The molecule has 2 atom stereocenters. The van der Waals surface area contributed by atoms with Crippen LogP contribution in [0.15, 0.2) is 84.9 Å². The second kappa shape index (κ2) is 53.3. The molecule has 90 heavy (non-hydrogen) atoms. The number of carbonyl (C=O) groups is 4. The highest BCUT2D eigenvalue weighted by molar-refractivity contribution is 5.89. The number of unbranched alkanes of at least 4 members (excludes halogenated alkanes) is 19. The fourth-order valence-corrected chi connectivity index (χ4v) is 10.1. The number of ketones is 4. The van der Waals surface area contributed by atoms with E-state index in [9.17, 15) is 49.8 Å². The van der Waals surface area contributed by atoms with Crippen molar-refractivity contribution in [3.63, 3.8) is 0 Å². The van der Waals surface area contributed by atoms with Crippen molar-refractivity contribution in [3.8, 4) is 46.0 Å². The number of phenols is 4. The molecule has 0 aromatic heterocycles. The Morgan fingerprint density at radius 2 is 0.656 bits per heavy atom. The van der Waals surface area contributed by atoms with Crippen molar-refractivity contribution >= 4 is 23.1 Å². The number of hydrogen-bond acceptors (Lipinski definition) is 14. The summed E-state index contributed by atoms with van der Waals surface area (Å²) in [6.45, 7) is 8.78. The number of carbonyl (C=O) groups excluding carboxylic acids is 4. The molecule has 0 fully saturated rings. The third-order valence-corrected chi connectivity index (χ3v) is 15.8. The SMILES string of the molecule is CCCCC/C=C/C(=O)CCc1ccc(O)c(OC)c1.CCCCCCCC(O)CC(=O)CCc1ccc(O)c(OC)c1.CCCCCCCCCC(=O)CCc1ccc(O)c(OC)c1.CCCCCCCCCC(O)CC(=O)CCc1ccc(O)c(OC)c1. The Labute approximate surface area is 542 Å². The number of methoxy groups -OCH3 is 4. The minimum absolute atomic E-state index is 0.0816. The van der Waals surface area contributed by atoms with Crippen LogP contribution in [0.4, 0.5) is 0 Å². The fraction of sp³-hybridized carbons (Fsp3) is 0.605. The van der Waals surface area contributed by atoms with Gasteiger partial charge in [-0.25, -0.2) is 0 Å². The summed E-state index contributed by atoms with van der Waals surface area (Å²) in [5, 5.41) is 58.1. The summed E-state index contributed by atoms with van der Waals surface area (Å²) in [5.41, 5.74) is 3.92. The van der Waals surface area contributed by atoms with Crippen LogP contribution in [0, 0.1) is 0 Å². The van der Waals surface area contributed by atoms with Gasteiger partial charge in [-0.15, -0.1) is 0 Å². The van der Waals surface area contributed by atoms with Gasteiger partial charge in [-0.05, 0) is 135 Å². The van der Waals surface area contributed by atoms with E-state index in [2.05, 4.69) is 27.7 Å². The lowest BCUT2D eigenvalue weighted by atomic mass is 10.0. The van der Waals surface area contributed by atoms with E-state index in [0.717, 1.165) is 67.2 Å². The van der Waals surface area contributed by atoms with Crippen LogP contribution >= 0.6 is 0 Å². The third kappa shape index (κ3) is 41.1. The Balaban J connectivity index is 0.000000602. The highest BCUT2D eigenvalue weighted by Crippen LogP contribution is 2.30. The molecule has 2 unspecified atom stereocenters. The monoisotopic (exact) mass is 1250 g/mol. The molecule has 0 aliphatic rings. The maximum Gasteiger partial charge on any atom is 0.160 e. The number of aryl methyl sites for hydroxylation is 4. The lowest BCUT2D eigenvalue weighted by Crippen LogP contribution is -2.14. The van der Waals surface area contributed by atoms with Crippen molar-refractivity contribution < 1.29 is 68.8 Å². The second-order valence-electron chi connectivity index (χ2n) is 23.7. The summed E-state index contributed by atoms with van der Waals surface area (Å²) in [7, 11) is 6.05. The number of aromatic hydroxyl groups is 4. The van der Waals surface area contributed by atoms with E-state index in [1.807, 2.05) is 18.2 Å². The number of aliphatic hydroxyl groups is 2. The van der Waals surface area contributed by atoms with Crippen molar-refractivity contribution in [3.05, 3.63) is 107 Å². The van der Waals surface area contributed by atoms with Gasteiger partial charge in [-0.1, -0.05) is 186 Å². The molecule has 506 valence electrons. The first kappa shape index (κ1) is 81.6. The van der Waals surface area contributed by atoms with Gasteiger partial charge in [0.05, 0.1) is 40.6 Å². The molecule has 4 rings (SSSR count). The molecule has 0 spiro atoms. The predicted molar refractivity (Wildman–Crippen MR) is 365 cm³/mol. The quantitative estimate of drug-likeness (QED) is 0.0179. The second-order valence-corrected chi connectivity index (χ2v) is 23.7. The van der Waals surface area contributed by atoms with Crippen molar-refractivity contribution in [1.29, 1.82) is 0 Å². The number of benzene rings is 4. The zero-order chi connectivity index (χ0) is 66.6. The topological polar surface area (TPSA) is 227 Å². The number of ether oxygens (including phenoxy) is 4. The maximum atomic E-state index is 12.0. The average Bonchev–Trinajstić information content (AvgIpc) is 3.11. The molecule has 0 radical (unpaired) electrons. The van der Waals surface area contributed by atoms with Gasteiger partial charge in [0.2, 0.25) is 0 Å². The van der Waals surface area contributed by atoms with E-state index in [0.29, 0.717) is 99.4 Å². The molecule has 14 nitrogen and oxygen atoms in total. The third-order valence-electron chi connectivity index (χ3n) is 15.8. The summed E-state index contributed by atoms with van der Waals surface area (Å²) in [4.78, 5) is 47.6. The first-order chi connectivity index (χ1) is 43.5. The molecule has 0 saturated heterocycles. The van der Waals surface area contributed by atoms with E-state index < -0.39 is 12.2 Å². The number of allylic oxidation sites excluding steroid dienone is 2. The van der Waals surface area contributed by atoms with E-state index in [4.69, 9.17) is 18.9 Å². The molecule has 0 saturated carbocycles. The Morgan fingerprint density at radius 1 is 0.367 bits per heavy atom. The normalized spacial score (nSPS) is 11.5. The Kier molecular flexibility index (Phi) is 48.3. The number of Topliss-reactive ketones (excluding diaryl/α,β-unsaturated/α-hetero) is 3. The lowest BCUT2D eigenvalue weighted by molar-refractivity contribution is -0.121. The van der Waals surface area contributed by atoms with Crippen LogP contribution in [0.3, 0.4) is 0 Å². The van der Waals surface area contributed by atoms with Crippen LogP contribution in [0.25, 0.3) is 0 Å². The highest BCUT2D eigenvalue weighted by Gasteiger charge is 2.14. The average molecular weight is 1260 g/mol. The summed E-state index contributed by atoms with van der Waals surface area (Å²) in [6.07, 6.45) is 37.2. The van der Waals surface area contributed by atoms with Gasteiger partial charge >= 0.3 is 0 Å². The summed E-state index contributed by atoms with van der Waals surface area (Å²) in [5.74, 6) is 2.87. The minimum Gasteiger partial charge on any atom is -0.504 e. The largest absolute Gasteiger partial charge is 0.504 e. The van der Waals surface area contributed by atoms with Crippen molar-refractivity contribution in [2.24, 2.45) is 0 Å². The Morgan fingerprint density at radius 3 is 0.989 bits per heavy atom. The molecule has 0 amide bonds. The van der Waals surface area contributed by atoms with Crippen molar-refractivity contribution in [1.82, 2.24) is 0 Å². The standard InChI is InChI=1S/C21H34O4.C19H30O4.C19H30O3.C17H24O3/c1-3-4-5-6-7-8-9-10-18(22)16-19(23)13-11-17-12-14-20(24)21(15-17)25-2;1-3-4-5-6-7-8-16(20)14-17(21)11-9-15-10-12-18(22)19(13-15)23-2;1-3-4-5-6-7-8-9-10-17(20)13-11-16-12-14-18(21)19(15-16)22-2;1-3-4-5-6-7-8-15(18)11-9-14-10-12-16(19)17(13-14)20-2/h12,14-15,18,22,24H,3-11,13,16H2,1-2H3;10,12-13,16,20,22H,3-9,11,14H2,1-2H3;12,14-15,21H,3-11,13H2,1-2H3;7-8,10,12-13,19H,3-6,9,11H2,1-2H3/b;;;8-7+. The van der Waals surface area contributed by atoms with Crippen molar-refractivity contribution in [2.75, 3.05) is 28.4 Å². The van der Waals surface area contributed by atoms with Gasteiger partial charge in [0.25, 0.3) is 0 Å². The molecular weight excluding hydrogens is 1140 g/mol. The molecular formula is C76H118O14. The van der Waals surface area contributed by atoms with Gasteiger partial charge in [-0.2, -0.15) is 0 Å². The maximum absolute atomic E-state index is 12.0. The number of hydrogen-bond donors (Lipinski definition) is 6. The van der Waals surface area contributed by atoms with Gasteiger partial charge in [0.15, 0.2) is 51.8 Å². The van der Waals surface area contributed by atoms with Crippen molar-refractivity contribution in [2.45, 2.75) is 271 Å². The Bertz CT molecular complexity index is 2550. The summed E-state index contributed by atoms with van der Waals surface area (Å²) in [6, 6.07) is 20.7. The number of aliphatic hydroxyl groups excluding tert-OH is 2. The number of rotatable bonds is 47. The highest BCUT2D eigenvalue weighted by atomic mass is 16.5. The van der Waals surface area contributed by atoms with Gasteiger partial charge < -0.3 is 49.6 Å². The van der Waals surface area contributed by atoms with E-state index in [-0.39, 0.29) is 53.2 Å². The molecule has 4 aromatic rings. The van der Waals surface area contributed by atoms with Crippen LogP contribution in [0.5, 0.6) is 46.0 Å². The van der Waals surface area contributed by atoms with Crippen LogP contribution in [-0.4, -0.2) is 94.4 Å². The molecule has 4 aromatic carbocycles. The molecule has 0 aliphatic carbocycles. The number of phenolic OH excluding ortho intramolecular Hbond substituents is 4. The van der Waals surface area contributed by atoms with E-state index >= 15 is 0 Å². The zero-order valence-electron chi connectivity index (χ0n) is 56.6. The molecule has 6 N–H and O–H groups in total. The smallest absolute Gasteiger partial charge is 0.160 e. The van der Waals surface area contributed by atoms with Crippen LogP contribution in [0.1, 0.15) is 255 Å². The first-order valence-corrected chi connectivity index (χ1v) is 34.0. The summed E-state index contributed by atoms with van der Waals surface area (Å²) >= 11 is 0. The molecule has 14 heteroatoms. The van der Waals surface area contributed by atoms with Crippen LogP contribution < -0.4 is 18.9 Å². The van der Waals surface area contributed by atoms with Gasteiger partial charge in [-0.3, -0.25) is 19.2 Å². The zero-order valence-corrected chi connectivity index (χ0v) is 56.6. The minimum atomic E-state index is -0.516. The molecule has 0 heterocycles. The Hall–Kier alpha value is -6.38. The predicted octanol–water partition coefficient (Wildman–Crippen LogP) is 17.9. The summed E-state index contributed by atoms with van der Waals surface area (Å²) < 4.78 is 20.2. The first-order valence-electron chi connectivity index (χ1n) is 34.0. The molecule has 0 bridgehead atoms. The molecule has 0 aliphatic heterocycles. The van der Waals surface area contributed by atoms with E-state index in [1.54, 1.807) is 66.7 Å². The lowest BCUT2D eigenvalue weighted by Gasteiger charge is -2.10.